The monoisotopic (exact) mass is 250 g/mol. The van der Waals surface area contributed by atoms with E-state index >= 15 is 0 Å². The van der Waals surface area contributed by atoms with Gasteiger partial charge in [-0.15, -0.1) is 0 Å². The summed E-state index contributed by atoms with van der Waals surface area (Å²) < 4.78 is 6.58. The molecule has 1 heterocycles. The summed E-state index contributed by atoms with van der Waals surface area (Å²) in [6, 6.07) is 6.34. The van der Waals surface area contributed by atoms with Crippen LogP contribution < -0.4 is 5.32 Å². The van der Waals surface area contributed by atoms with Gasteiger partial charge in [-0.3, -0.25) is 0 Å². The minimum Gasteiger partial charge on any atom is -0.377 e. The first kappa shape index (κ1) is 12.3. The van der Waals surface area contributed by atoms with Gasteiger partial charge in [0.1, 0.15) is 0 Å². The van der Waals surface area contributed by atoms with Gasteiger partial charge in [0.05, 0.1) is 15.8 Å². The molecule has 3 nitrogen and oxygen atoms in total. The van der Waals surface area contributed by atoms with E-state index in [9.17, 15) is 0 Å². The van der Waals surface area contributed by atoms with Gasteiger partial charge in [0.2, 0.25) is 0 Å². The summed E-state index contributed by atoms with van der Waals surface area (Å²) in [5.74, 6) is 0. The van der Waals surface area contributed by atoms with E-state index in [1.54, 1.807) is 18.4 Å². The number of methoxy groups -OCH3 is 1. The molecule has 1 aromatic carbocycles. The molecule has 0 aliphatic heterocycles. The Hall–Kier alpha value is -1.13. The van der Waals surface area contributed by atoms with E-state index < -0.39 is 0 Å². The molecule has 0 aliphatic rings. The summed E-state index contributed by atoms with van der Waals surface area (Å²) in [4.78, 5) is 4.56. The fourth-order valence-electron chi connectivity index (χ4n) is 1.47. The van der Waals surface area contributed by atoms with Crippen LogP contribution in [0, 0.1) is 6.92 Å². The largest absolute Gasteiger partial charge is 0.377 e. The van der Waals surface area contributed by atoms with Crippen molar-refractivity contribution in [2.45, 2.75) is 26.4 Å². The van der Waals surface area contributed by atoms with E-state index in [0.29, 0.717) is 0 Å². The molecule has 17 heavy (non-hydrogen) atoms. The average Bonchev–Trinajstić information content (AvgIpc) is 2.68. The molecule has 0 amide bonds. The van der Waals surface area contributed by atoms with Crippen molar-refractivity contribution in [1.82, 2.24) is 4.98 Å². The highest BCUT2D eigenvalue weighted by Crippen LogP contribution is 2.26. The summed E-state index contributed by atoms with van der Waals surface area (Å²) in [5, 5.41) is 4.28. The van der Waals surface area contributed by atoms with Crippen LogP contribution in [0.4, 0.5) is 5.13 Å². The van der Waals surface area contributed by atoms with Crippen LogP contribution in [-0.2, 0) is 4.74 Å². The molecule has 0 saturated carbocycles. The summed E-state index contributed by atoms with van der Waals surface area (Å²) in [7, 11) is 1.73. The lowest BCUT2D eigenvalue weighted by molar-refractivity contribution is 0.0344. The van der Waals surface area contributed by atoms with Crippen molar-refractivity contribution in [1.29, 1.82) is 0 Å². The van der Waals surface area contributed by atoms with Gasteiger partial charge in [0.25, 0.3) is 0 Å². The van der Waals surface area contributed by atoms with Crippen molar-refractivity contribution in [3.63, 3.8) is 0 Å². The van der Waals surface area contributed by atoms with E-state index in [-0.39, 0.29) is 5.60 Å². The van der Waals surface area contributed by atoms with Gasteiger partial charge >= 0.3 is 0 Å². The summed E-state index contributed by atoms with van der Waals surface area (Å²) in [6.07, 6.45) is 0. The van der Waals surface area contributed by atoms with Crippen molar-refractivity contribution in [3.8, 4) is 0 Å². The van der Waals surface area contributed by atoms with Crippen LogP contribution in [0.3, 0.4) is 0 Å². The molecular weight excluding hydrogens is 232 g/mol. The maximum absolute atomic E-state index is 5.37. The number of hydrogen-bond acceptors (Lipinski definition) is 4. The van der Waals surface area contributed by atoms with Crippen LogP contribution in [-0.4, -0.2) is 24.2 Å². The first-order valence-corrected chi connectivity index (χ1v) is 6.48. The van der Waals surface area contributed by atoms with Gasteiger partial charge in [-0.2, -0.15) is 0 Å². The Morgan fingerprint density at radius 2 is 2.18 bits per heavy atom. The van der Waals surface area contributed by atoms with E-state index in [0.717, 1.165) is 17.2 Å². The summed E-state index contributed by atoms with van der Waals surface area (Å²) in [6.45, 7) is 6.94. The number of rotatable bonds is 4. The Bertz CT molecular complexity index is 519. The van der Waals surface area contributed by atoms with Gasteiger partial charge in [0.15, 0.2) is 5.13 Å². The van der Waals surface area contributed by atoms with Crippen LogP contribution in [0.25, 0.3) is 10.2 Å². The number of benzene rings is 1. The molecule has 2 rings (SSSR count). The molecule has 2 aromatic rings. The molecule has 0 saturated heterocycles. The lowest BCUT2D eigenvalue weighted by Crippen LogP contribution is -2.31. The maximum atomic E-state index is 5.37. The molecule has 0 atom stereocenters. The number of nitrogens with one attached hydrogen (secondary N) is 1. The Morgan fingerprint density at radius 3 is 2.88 bits per heavy atom. The molecule has 1 N–H and O–H groups in total. The third-order valence-electron chi connectivity index (χ3n) is 2.76. The maximum Gasteiger partial charge on any atom is 0.183 e. The highest BCUT2D eigenvalue weighted by atomic mass is 32.1. The molecule has 0 spiro atoms. The number of ether oxygens (including phenoxy) is 1. The topological polar surface area (TPSA) is 34.1 Å². The minimum absolute atomic E-state index is 0.173. The Labute approximate surface area is 106 Å². The first-order valence-electron chi connectivity index (χ1n) is 5.66. The Kier molecular flexibility index (Phi) is 3.35. The number of nitrogens with zero attached hydrogens (tertiary/aromatic N) is 1. The number of thiazole rings is 1. The zero-order valence-electron chi connectivity index (χ0n) is 10.7. The molecule has 0 aliphatic carbocycles. The molecule has 0 fully saturated rings. The second-order valence-electron chi connectivity index (χ2n) is 4.81. The van der Waals surface area contributed by atoms with Crippen LogP contribution in [0.2, 0.25) is 0 Å². The van der Waals surface area contributed by atoms with E-state index in [4.69, 9.17) is 4.74 Å². The van der Waals surface area contributed by atoms with E-state index in [2.05, 4.69) is 49.3 Å². The predicted molar refractivity (Wildman–Crippen MR) is 73.9 cm³/mol. The third kappa shape index (κ3) is 2.96. The van der Waals surface area contributed by atoms with Gasteiger partial charge in [-0.05, 0) is 38.5 Å². The van der Waals surface area contributed by atoms with Crippen molar-refractivity contribution in [2.75, 3.05) is 19.0 Å². The predicted octanol–water partition coefficient (Wildman–Crippen LogP) is 3.44. The van der Waals surface area contributed by atoms with Crippen molar-refractivity contribution in [3.05, 3.63) is 23.8 Å². The van der Waals surface area contributed by atoms with Crippen LogP contribution >= 0.6 is 11.3 Å². The van der Waals surface area contributed by atoms with Gasteiger partial charge in [-0.1, -0.05) is 17.4 Å². The van der Waals surface area contributed by atoms with Gasteiger partial charge in [0, 0.05) is 13.7 Å². The fraction of sp³-hybridized carbons (Fsp3) is 0.462. The lowest BCUT2D eigenvalue weighted by atomic mass is 10.1. The minimum atomic E-state index is -0.173. The molecule has 4 heteroatoms. The van der Waals surface area contributed by atoms with Crippen molar-refractivity contribution < 1.29 is 4.74 Å². The number of fused-ring (bicyclic) bond motifs is 1. The molecule has 1 aromatic heterocycles. The quantitative estimate of drug-likeness (QED) is 0.902. The van der Waals surface area contributed by atoms with Crippen LogP contribution in [0.1, 0.15) is 19.4 Å². The number of aromatic nitrogens is 1. The molecule has 0 bridgehead atoms. The van der Waals surface area contributed by atoms with Gasteiger partial charge in [-0.25, -0.2) is 4.98 Å². The Balaban J connectivity index is 2.15. The zero-order valence-corrected chi connectivity index (χ0v) is 11.5. The zero-order chi connectivity index (χ0) is 12.5. The smallest absolute Gasteiger partial charge is 0.183 e. The Morgan fingerprint density at radius 1 is 1.41 bits per heavy atom. The standard InChI is InChI=1S/C13H18N2OS/c1-9-5-6-11-10(7-9)15-12(17-11)14-8-13(2,3)16-4/h5-7H,8H2,1-4H3,(H,14,15). The summed E-state index contributed by atoms with van der Waals surface area (Å²) >= 11 is 1.68. The SMILES string of the molecule is COC(C)(C)CNc1nc2cc(C)ccc2s1. The van der Waals surface area contributed by atoms with Crippen molar-refractivity contribution >= 4 is 26.7 Å². The van der Waals surface area contributed by atoms with Crippen LogP contribution in [0.15, 0.2) is 18.2 Å². The number of anilines is 1. The van der Waals surface area contributed by atoms with Gasteiger partial charge < -0.3 is 10.1 Å². The highest BCUT2D eigenvalue weighted by molar-refractivity contribution is 7.22. The number of hydrogen-bond donors (Lipinski definition) is 1. The summed E-state index contributed by atoms with van der Waals surface area (Å²) in [5.41, 5.74) is 2.13. The fourth-order valence-corrected chi connectivity index (χ4v) is 2.32. The van der Waals surface area contributed by atoms with E-state index in [1.165, 1.54) is 10.3 Å². The lowest BCUT2D eigenvalue weighted by Gasteiger charge is -2.22. The molecular formula is C13H18N2OS. The van der Waals surface area contributed by atoms with E-state index in [1.807, 2.05) is 0 Å². The van der Waals surface area contributed by atoms with Crippen molar-refractivity contribution in [2.24, 2.45) is 0 Å². The molecule has 0 radical (unpaired) electrons. The molecule has 0 unspecified atom stereocenters. The second-order valence-corrected chi connectivity index (χ2v) is 5.84. The normalized spacial score (nSPS) is 12.0. The highest BCUT2D eigenvalue weighted by Gasteiger charge is 2.16. The number of aryl methyl sites for hydroxylation is 1. The third-order valence-corrected chi connectivity index (χ3v) is 3.76. The van der Waals surface area contributed by atoms with Crippen LogP contribution in [0.5, 0.6) is 0 Å². The molecule has 92 valence electrons. The first-order chi connectivity index (χ1) is 8.00. The average molecular weight is 250 g/mol. The second kappa shape index (κ2) is 4.63.